The van der Waals surface area contributed by atoms with Crippen molar-refractivity contribution in [1.29, 1.82) is 0 Å². The first kappa shape index (κ1) is 13.1. The van der Waals surface area contributed by atoms with Crippen molar-refractivity contribution >= 4 is 17.2 Å². The van der Waals surface area contributed by atoms with Crippen LogP contribution in [-0.2, 0) is 12.8 Å². The Labute approximate surface area is 118 Å². The number of aliphatic hydroxyl groups is 1. The summed E-state index contributed by atoms with van der Waals surface area (Å²) in [6.45, 7) is 3.07. The van der Waals surface area contributed by atoms with E-state index < -0.39 is 5.60 Å². The molecular formula is C15H21NO2S. The minimum Gasteiger partial charge on any atom is -0.386 e. The van der Waals surface area contributed by atoms with Crippen molar-refractivity contribution in [2.45, 2.75) is 51.0 Å². The summed E-state index contributed by atoms with van der Waals surface area (Å²) in [6, 6.07) is 2.08. The summed E-state index contributed by atoms with van der Waals surface area (Å²) in [5.74, 6) is 0.111. The van der Waals surface area contributed by atoms with Crippen LogP contribution in [0.2, 0.25) is 0 Å². The normalized spacial score (nSPS) is 20.8. The Hall–Kier alpha value is -0.870. The summed E-state index contributed by atoms with van der Waals surface area (Å²) < 4.78 is 0. The summed E-state index contributed by atoms with van der Waals surface area (Å²) in [5, 5.41) is 10.1. The Bertz CT molecular complexity index is 465. The van der Waals surface area contributed by atoms with Crippen LogP contribution in [0.25, 0.3) is 0 Å². The number of nitrogens with zero attached hydrogens (tertiary/aromatic N) is 1. The van der Waals surface area contributed by atoms with E-state index in [1.165, 1.54) is 23.3 Å². The van der Waals surface area contributed by atoms with Crippen molar-refractivity contribution in [2.24, 2.45) is 0 Å². The van der Waals surface area contributed by atoms with Gasteiger partial charge in [0, 0.05) is 4.88 Å². The molecule has 1 amide bonds. The third-order valence-corrected chi connectivity index (χ3v) is 5.41. The zero-order chi connectivity index (χ0) is 13.5. The SMILES string of the molecule is CCCC1(O)CN(C(=O)c2cc3c(s2)CCCC3)C1. The number of carbonyl (C=O) groups excluding carboxylic acids is 1. The quantitative estimate of drug-likeness (QED) is 0.924. The van der Waals surface area contributed by atoms with Crippen LogP contribution >= 0.6 is 11.3 Å². The number of aryl methyl sites for hydroxylation is 2. The lowest BCUT2D eigenvalue weighted by molar-refractivity contribution is -0.0858. The van der Waals surface area contributed by atoms with Crippen LogP contribution in [0.5, 0.6) is 0 Å². The van der Waals surface area contributed by atoms with Gasteiger partial charge in [-0.3, -0.25) is 4.79 Å². The van der Waals surface area contributed by atoms with Gasteiger partial charge in [-0.2, -0.15) is 0 Å². The molecule has 1 N–H and O–H groups in total. The van der Waals surface area contributed by atoms with E-state index >= 15 is 0 Å². The van der Waals surface area contributed by atoms with Crippen LogP contribution in [0, 0.1) is 0 Å². The predicted molar refractivity (Wildman–Crippen MR) is 76.7 cm³/mol. The lowest BCUT2D eigenvalue weighted by Crippen LogP contribution is -2.63. The molecule has 0 saturated carbocycles. The van der Waals surface area contributed by atoms with Gasteiger partial charge in [0.2, 0.25) is 0 Å². The molecule has 0 spiro atoms. The molecule has 0 bridgehead atoms. The highest BCUT2D eigenvalue weighted by molar-refractivity contribution is 7.14. The summed E-state index contributed by atoms with van der Waals surface area (Å²) in [5.41, 5.74) is 0.755. The number of likely N-dealkylation sites (tertiary alicyclic amines) is 1. The molecule has 19 heavy (non-hydrogen) atoms. The summed E-state index contributed by atoms with van der Waals surface area (Å²) in [7, 11) is 0. The van der Waals surface area contributed by atoms with E-state index in [4.69, 9.17) is 0 Å². The van der Waals surface area contributed by atoms with E-state index in [0.29, 0.717) is 13.1 Å². The van der Waals surface area contributed by atoms with Crippen molar-refractivity contribution in [1.82, 2.24) is 4.90 Å². The number of amides is 1. The van der Waals surface area contributed by atoms with E-state index in [0.717, 1.165) is 30.6 Å². The first-order valence-electron chi connectivity index (χ1n) is 7.24. The van der Waals surface area contributed by atoms with Crippen molar-refractivity contribution in [2.75, 3.05) is 13.1 Å². The molecule has 0 radical (unpaired) electrons. The Balaban J connectivity index is 1.67. The molecule has 0 atom stereocenters. The second-order valence-corrected chi connectivity index (χ2v) is 7.04. The average molecular weight is 279 g/mol. The second kappa shape index (κ2) is 4.91. The molecule has 3 rings (SSSR count). The van der Waals surface area contributed by atoms with E-state index in [1.807, 2.05) is 0 Å². The molecule has 1 aromatic heterocycles. The number of thiophene rings is 1. The van der Waals surface area contributed by atoms with E-state index in [-0.39, 0.29) is 5.91 Å². The van der Waals surface area contributed by atoms with Gasteiger partial charge in [0.1, 0.15) is 0 Å². The Morgan fingerprint density at radius 3 is 2.84 bits per heavy atom. The molecule has 1 aromatic rings. The maximum Gasteiger partial charge on any atom is 0.264 e. The fourth-order valence-corrected chi connectivity index (χ4v) is 4.40. The van der Waals surface area contributed by atoms with Gasteiger partial charge in [0.25, 0.3) is 5.91 Å². The Morgan fingerprint density at radius 2 is 2.16 bits per heavy atom. The first-order chi connectivity index (χ1) is 9.11. The number of carbonyl (C=O) groups is 1. The van der Waals surface area contributed by atoms with Gasteiger partial charge in [-0.25, -0.2) is 0 Å². The van der Waals surface area contributed by atoms with Gasteiger partial charge in [0.05, 0.1) is 23.6 Å². The van der Waals surface area contributed by atoms with E-state index in [1.54, 1.807) is 16.2 Å². The van der Waals surface area contributed by atoms with Gasteiger partial charge >= 0.3 is 0 Å². The van der Waals surface area contributed by atoms with Gasteiger partial charge in [0.15, 0.2) is 0 Å². The molecule has 0 aromatic carbocycles. The van der Waals surface area contributed by atoms with Crippen molar-refractivity contribution < 1.29 is 9.90 Å². The molecule has 3 nitrogen and oxygen atoms in total. The largest absolute Gasteiger partial charge is 0.386 e. The van der Waals surface area contributed by atoms with Crippen molar-refractivity contribution in [3.05, 3.63) is 21.4 Å². The van der Waals surface area contributed by atoms with Crippen LogP contribution < -0.4 is 0 Å². The van der Waals surface area contributed by atoms with Gasteiger partial charge < -0.3 is 10.0 Å². The van der Waals surface area contributed by atoms with Crippen LogP contribution in [0.4, 0.5) is 0 Å². The maximum atomic E-state index is 12.4. The number of fused-ring (bicyclic) bond motifs is 1. The van der Waals surface area contributed by atoms with Crippen LogP contribution in [-0.4, -0.2) is 34.6 Å². The van der Waals surface area contributed by atoms with Crippen LogP contribution in [0.1, 0.15) is 52.7 Å². The minimum atomic E-state index is -0.624. The lowest BCUT2D eigenvalue weighted by Gasteiger charge is -2.46. The van der Waals surface area contributed by atoms with Crippen LogP contribution in [0.15, 0.2) is 6.07 Å². The summed E-state index contributed by atoms with van der Waals surface area (Å²) in [4.78, 5) is 16.4. The summed E-state index contributed by atoms with van der Waals surface area (Å²) in [6.07, 6.45) is 6.51. The van der Waals surface area contributed by atoms with Gasteiger partial charge in [-0.05, 0) is 43.7 Å². The lowest BCUT2D eigenvalue weighted by atomic mass is 9.89. The highest BCUT2D eigenvalue weighted by atomic mass is 32.1. The molecule has 2 aliphatic rings. The zero-order valence-electron chi connectivity index (χ0n) is 11.4. The highest BCUT2D eigenvalue weighted by Gasteiger charge is 2.43. The number of rotatable bonds is 3. The number of hydrogen-bond acceptors (Lipinski definition) is 3. The van der Waals surface area contributed by atoms with Crippen LogP contribution in [0.3, 0.4) is 0 Å². The fourth-order valence-electron chi connectivity index (χ4n) is 3.18. The van der Waals surface area contributed by atoms with E-state index in [9.17, 15) is 9.90 Å². The van der Waals surface area contributed by atoms with Crippen molar-refractivity contribution in [3.63, 3.8) is 0 Å². The van der Waals surface area contributed by atoms with E-state index in [2.05, 4.69) is 13.0 Å². The molecule has 4 heteroatoms. The molecule has 2 heterocycles. The zero-order valence-corrected chi connectivity index (χ0v) is 12.3. The molecule has 0 unspecified atom stereocenters. The maximum absolute atomic E-state index is 12.4. The number of β-amino-alcohol motifs (C(OH)–C–C–N with tert-alkyl or cyclic N) is 1. The summed E-state index contributed by atoms with van der Waals surface area (Å²) >= 11 is 1.66. The first-order valence-corrected chi connectivity index (χ1v) is 8.06. The molecule has 104 valence electrons. The number of hydrogen-bond donors (Lipinski definition) is 1. The molecule has 1 aliphatic carbocycles. The highest BCUT2D eigenvalue weighted by Crippen LogP contribution is 2.33. The monoisotopic (exact) mass is 279 g/mol. The Morgan fingerprint density at radius 1 is 1.42 bits per heavy atom. The fraction of sp³-hybridized carbons (Fsp3) is 0.667. The topological polar surface area (TPSA) is 40.5 Å². The van der Waals surface area contributed by atoms with Gasteiger partial charge in [-0.15, -0.1) is 11.3 Å². The third-order valence-electron chi connectivity index (χ3n) is 4.18. The minimum absolute atomic E-state index is 0.111. The average Bonchev–Trinajstić information content (AvgIpc) is 2.79. The Kier molecular flexibility index (Phi) is 3.39. The molecule has 1 aliphatic heterocycles. The van der Waals surface area contributed by atoms with Crippen molar-refractivity contribution in [3.8, 4) is 0 Å². The molecule has 1 fully saturated rings. The molecular weight excluding hydrogens is 258 g/mol. The predicted octanol–water partition coefficient (Wildman–Crippen LogP) is 2.61. The smallest absolute Gasteiger partial charge is 0.264 e. The second-order valence-electron chi connectivity index (χ2n) is 5.90. The van der Waals surface area contributed by atoms with Gasteiger partial charge in [-0.1, -0.05) is 13.3 Å². The molecule has 1 saturated heterocycles. The third kappa shape index (κ3) is 2.43. The standard InChI is InChI=1S/C15H21NO2S/c1-2-7-15(18)9-16(10-15)14(17)13-8-11-5-3-4-6-12(11)19-13/h8,18H,2-7,9-10H2,1H3.